The van der Waals surface area contributed by atoms with Crippen LogP contribution >= 0.6 is 12.4 Å². The van der Waals surface area contributed by atoms with Gasteiger partial charge in [0.25, 0.3) is 0 Å². The Balaban J connectivity index is 0.00000220. The fraction of sp³-hybridized carbons (Fsp3) is 0.235. The summed E-state index contributed by atoms with van der Waals surface area (Å²) in [5.74, 6) is -0.0637. The van der Waals surface area contributed by atoms with E-state index in [0.717, 1.165) is 22.4 Å². The molecule has 0 fully saturated rings. The maximum atomic E-state index is 12.2. The molecule has 2 aromatic carbocycles. The second-order valence-corrected chi connectivity index (χ2v) is 4.91. The molecule has 2 N–H and O–H groups in total. The van der Waals surface area contributed by atoms with Gasteiger partial charge in [0.05, 0.1) is 13.1 Å². The third-order valence-electron chi connectivity index (χ3n) is 3.37. The average molecular weight is 305 g/mol. The molecule has 21 heavy (non-hydrogen) atoms. The van der Waals surface area contributed by atoms with E-state index in [-0.39, 0.29) is 24.9 Å². The Kier molecular flexibility index (Phi) is 6.40. The lowest BCUT2D eigenvalue weighted by Crippen LogP contribution is -2.36. The van der Waals surface area contributed by atoms with Crippen LogP contribution in [0.2, 0.25) is 0 Å². The number of nitrogens with two attached hydrogens (primary N) is 1. The SMILES string of the molecule is Cc1cccc(C)c1N(Cc1ccccc1)C(=O)CN.Cl. The number of rotatable bonds is 4. The van der Waals surface area contributed by atoms with Crippen molar-refractivity contribution in [3.8, 4) is 0 Å². The predicted octanol–water partition coefficient (Wildman–Crippen LogP) is 3.22. The van der Waals surface area contributed by atoms with Gasteiger partial charge in [-0.05, 0) is 30.5 Å². The van der Waals surface area contributed by atoms with Crippen molar-refractivity contribution in [2.75, 3.05) is 11.4 Å². The number of hydrogen-bond donors (Lipinski definition) is 1. The number of carbonyl (C=O) groups is 1. The van der Waals surface area contributed by atoms with Crippen LogP contribution in [0.5, 0.6) is 0 Å². The highest BCUT2D eigenvalue weighted by Crippen LogP contribution is 2.26. The summed E-state index contributed by atoms with van der Waals surface area (Å²) in [4.78, 5) is 14.0. The Morgan fingerprint density at radius 1 is 1.00 bits per heavy atom. The molecule has 0 radical (unpaired) electrons. The topological polar surface area (TPSA) is 46.3 Å². The lowest BCUT2D eigenvalue weighted by atomic mass is 10.1. The van der Waals surface area contributed by atoms with Crippen LogP contribution in [0.15, 0.2) is 48.5 Å². The van der Waals surface area contributed by atoms with Gasteiger partial charge >= 0.3 is 0 Å². The van der Waals surface area contributed by atoms with Crippen LogP contribution in [-0.4, -0.2) is 12.5 Å². The van der Waals surface area contributed by atoms with Crippen molar-refractivity contribution in [3.63, 3.8) is 0 Å². The van der Waals surface area contributed by atoms with E-state index >= 15 is 0 Å². The maximum absolute atomic E-state index is 12.2. The molecule has 4 heteroatoms. The van der Waals surface area contributed by atoms with Crippen LogP contribution < -0.4 is 10.6 Å². The number of halogens is 1. The van der Waals surface area contributed by atoms with Crippen LogP contribution in [-0.2, 0) is 11.3 Å². The summed E-state index contributed by atoms with van der Waals surface area (Å²) in [6.07, 6.45) is 0. The van der Waals surface area contributed by atoms with Gasteiger partial charge in [-0.25, -0.2) is 0 Å². The highest BCUT2D eigenvalue weighted by atomic mass is 35.5. The quantitative estimate of drug-likeness (QED) is 0.942. The Bertz CT molecular complexity index is 579. The molecular weight excluding hydrogens is 284 g/mol. The zero-order valence-corrected chi connectivity index (χ0v) is 13.2. The summed E-state index contributed by atoms with van der Waals surface area (Å²) in [5, 5.41) is 0. The van der Waals surface area contributed by atoms with Gasteiger partial charge < -0.3 is 10.6 Å². The summed E-state index contributed by atoms with van der Waals surface area (Å²) >= 11 is 0. The number of amides is 1. The van der Waals surface area contributed by atoms with E-state index in [1.165, 1.54) is 0 Å². The molecule has 0 aliphatic carbocycles. The molecule has 3 nitrogen and oxygen atoms in total. The standard InChI is InChI=1S/C17H20N2O.ClH/c1-13-7-6-8-14(2)17(13)19(16(20)11-18)12-15-9-4-3-5-10-15;/h3-10H,11-12,18H2,1-2H3;1H. The molecule has 112 valence electrons. The predicted molar refractivity (Wildman–Crippen MR) is 89.9 cm³/mol. The minimum absolute atomic E-state index is 0. The molecule has 0 saturated heterocycles. The smallest absolute Gasteiger partial charge is 0.241 e. The van der Waals surface area contributed by atoms with Crippen molar-refractivity contribution in [2.45, 2.75) is 20.4 Å². The van der Waals surface area contributed by atoms with Crippen LogP contribution in [0.25, 0.3) is 0 Å². The van der Waals surface area contributed by atoms with Gasteiger partial charge in [0.2, 0.25) is 5.91 Å². The minimum atomic E-state index is -0.0637. The highest BCUT2D eigenvalue weighted by molar-refractivity contribution is 5.96. The Labute approximate surface area is 132 Å². The second-order valence-electron chi connectivity index (χ2n) is 4.91. The molecule has 0 spiro atoms. The molecule has 0 bridgehead atoms. The first kappa shape index (κ1) is 17.2. The van der Waals surface area contributed by atoms with E-state index < -0.39 is 0 Å². The van der Waals surface area contributed by atoms with Gasteiger partial charge in [0.15, 0.2) is 0 Å². The van der Waals surface area contributed by atoms with Gasteiger partial charge in [-0.1, -0.05) is 48.5 Å². The lowest BCUT2D eigenvalue weighted by Gasteiger charge is -2.26. The Morgan fingerprint density at radius 3 is 2.10 bits per heavy atom. The normalized spacial score (nSPS) is 9.86. The molecule has 2 rings (SSSR count). The third-order valence-corrected chi connectivity index (χ3v) is 3.37. The molecule has 0 aliphatic heterocycles. The molecule has 0 heterocycles. The van der Waals surface area contributed by atoms with Crippen LogP contribution in [0.1, 0.15) is 16.7 Å². The van der Waals surface area contributed by atoms with Crippen molar-refractivity contribution in [3.05, 3.63) is 65.2 Å². The number of aryl methyl sites for hydroxylation is 2. The van der Waals surface area contributed by atoms with E-state index in [2.05, 4.69) is 0 Å². The monoisotopic (exact) mass is 304 g/mol. The zero-order valence-electron chi connectivity index (χ0n) is 12.4. The molecule has 0 saturated carbocycles. The highest BCUT2D eigenvalue weighted by Gasteiger charge is 2.18. The van der Waals surface area contributed by atoms with Crippen LogP contribution in [0.4, 0.5) is 5.69 Å². The van der Waals surface area contributed by atoms with E-state index in [1.54, 1.807) is 4.90 Å². The second kappa shape index (κ2) is 7.81. The van der Waals surface area contributed by atoms with Crippen LogP contribution in [0.3, 0.4) is 0 Å². The molecule has 2 aromatic rings. The first-order valence-corrected chi connectivity index (χ1v) is 6.74. The maximum Gasteiger partial charge on any atom is 0.241 e. The van der Waals surface area contributed by atoms with E-state index in [4.69, 9.17) is 5.73 Å². The fourth-order valence-corrected chi connectivity index (χ4v) is 2.40. The van der Waals surface area contributed by atoms with Crippen molar-refractivity contribution >= 4 is 24.0 Å². The van der Waals surface area contributed by atoms with Gasteiger partial charge in [-0.3, -0.25) is 4.79 Å². The fourth-order valence-electron chi connectivity index (χ4n) is 2.40. The Morgan fingerprint density at radius 2 is 1.57 bits per heavy atom. The number of benzene rings is 2. The van der Waals surface area contributed by atoms with Gasteiger partial charge in [-0.2, -0.15) is 0 Å². The summed E-state index contributed by atoms with van der Waals surface area (Å²) in [5.41, 5.74) is 9.80. The summed E-state index contributed by atoms with van der Waals surface area (Å²) in [6, 6.07) is 16.0. The summed E-state index contributed by atoms with van der Waals surface area (Å²) in [7, 11) is 0. The van der Waals surface area contributed by atoms with E-state index in [0.29, 0.717) is 6.54 Å². The molecule has 0 aromatic heterocycles. The average Bonchev–Trinajstić information content (AvgIpc) is 2.46. The molecular formula is C17H21ClN2O. The third kappa shape index (κ3) is 4.06. The first-order valence-electron chi connectivity index (χ1n) is 6.74. The lowest BCUT2D eigenvalue weighted by molar-refractivity contribution is -0.117. The number of nitrogens with zero attached hydrogens (tertiary/aromatic N) is 1. The van der Waals surface area contributed by atoms with E-state index in [1.807, 2.05) is 62.4 Å². The molecule has 0 atom stereocenters. The zero-order chi connectivity index (χ0) is 14.5. The van der Waals surface area contributed by atoms with Crippen molar-refractivity contribution in [2.24, 2.45) is 5.73 Å². The van der Waals surface area contributed by atoms with Gasteiger partial charge in [0.1, 0.15) is 0 Å². The van der Waals surface area contributed by atoms with Crippen molar-refractivity contribution in [1.29, 1.82) is 0 Å². The molecule has 0 aliphatic rings. The van der Waals surface area contributed by atoms with Crippen molar-refractivity contribution in [1.82, 2.24) is 0 Å². The number of hydrogen-bond acceptors (Lipinski definition) is 2. The van der Waals surface area contributed by atoms with Crippen LogP contribution in [0, 0.1) is 13.8 Å². The summed E-state index contributed by atoms with van der Waals surface area (Å²) < 4.78 is 0. The van der Waals surface area contributed by atoms with Gasteiger partial charge in [0, 0.05) is 5.69 Å². The Hall–Kier alpha value is -1.84. The largest absolute Gasteiger partial charge is 0.322 e. The number of para-hydroxylation sites is 1. The summed E-state index contributed by atoms with van der Waals surface area (Å²) in [6.45, 7) is 4.59. The number of anilines is 1. The number of carbonyl (C=O) groups excluding carboxylic acids is 1. The molecule has 1 amide bonds. The first-order chi connectivity index (χ1) is 9.63. The van der Waals surface area contributed by atoms with Gasteiger partial charge in [-0.15, -0.1) is 12.4 Å². The van der Waals surface area contributed by atoms with Crippen molar-refractivity contribution < 1.29 is 4.79 Å². The minimum Gasteiger partial charge on any atom is -0.322 e. The van der Waals surface area contributed by atoms with E-state index in [9.17, 15) is 4.79 Å². The molecule has 0 unspecified atom stereocenters.